The van der Waals surface area contributed by atoms with Crippen molar-refractivity contribution in [3.63, 3.8) is 0 Å². The van der Waals surface area contributed by atoms with Gasteiger partial charge in [0.15, 0.2) is 0 Å². The third kappa shape index (κ3) is 3.84. The van der Waals surface area contributed by atoms with Crippen LogP contribution in [-0.4, -0.2) is 12.5 Å². The largest absolute Gasteiger partial charge is 0.321 e. The van der Waals surface area contributed by atoms with Gasteiger partial charge in [-0.25, -0.2) is 0 Å². The minimum absolute atomic E-state index is 0.210. The second kappa shape index (κ2) is 6.91. The highest BCUT2D eigenvalue weighted by molar-refractivity contribution is 9.11. The average Bonchev–Trinajstić information content (AvgIpc) is 2.86. The van der Waals surface area contributed by atoms with E-state index < -0.39 is 0 Å². The lowest BCUT2D eigenvalue weighted by atomic mass is 10.2. The Kier molecular flexibility index (Phi) is 5.21. The molecule has 0 saturated carbocycles. The van der Waals surface area contributed by atoms with E-state index in [9.17, 15) is 4.79 Å². The van der Waals surface area contributed by atoms with Crippen LogP contribution in [0, 0.1) is 11.8 Å². The number of benzene rings is 1. The Morgan fingerprint density at radius 1 is 1.45 bits per heavy atom. The molecule has 0 atom stereocenters. The maximum Gasteiger partial charge on any atom is 0.256 e. The smallest absolute Gasteiger partial charge is 0.256 e. The maximum atomic E-state index is 12.1. The molecule has 1 aromatic heterocycles. The van der Waals surface area contributed by atoms with Crippen LogP contribution in [0.3, 0.4) is 0 Å². The zero-order valence-corrected chi connectivity index (χ0v) is 13.4. The molecule has 3 nitrogen and oxygen atoms in total. The van der Waals surface area contributed by atoms with Gasteiger partial charge in [0, 0.05) is 10.9 Å². The number of hydrogen-bond acceptors (Lipinski definition) is 3. The molecule has 6 heteroatoms. The summed E-state index contributed by atoms with van der Waals surface area (Å²) < 4.78 is 0.899. The molecule has 0 spiro atoms. The molecular formula is C14H10BrClN2OS. The average molecular weight is 370 g/mol. The van der Waals surface area contributed by atoms with Gasteiger partial charge in [0.1, 0.15) is 0 Å². The van der Waals surface area contributed by atoms with Gasteiger partial charge in [-0.15, -0.1) is 11.3 Å². The van der Waals surface area contributed by atoms with Gasteiger partial charge in [-0.05, 0) is 40.2 Å². The minimum Gasteiger partial charge on any atom is -0.321 e. The molecule has 2 rings (SSSR count). The number of carbonyl (C=O) groups excluding carboxylic acids is 1. The molecule has 0 radical (unpaired) electrons. The molecule has 0 aliphatic rings. The van der Waals surface area contributed by atoms with Crippen LogP contribution in [0.2, 0.25) is 5.02 Å². The molecule has 1 aromatic carbocycles. The number of amides is 1. The van der Waals surface area contributed by atoms with Crippen molar-refractivity contribution in [1.29, 1.82) is 0 Å². The van der Waals surface area contributed by atoms with Crippen molar-refractivity contribution in [2.45, 2.75) is 0 Å². The van der Waals surface area contributed by atoms with E-state index in [2.05, 4.69) is 33.1 Å². The monoisotopic (exact) mass is 368 g/mol. The van der Waals surface area contributed by atoms with Gasteiger partial charge in [0.25, 0.3) is 5.91 Å². The molecule has 1 amide bonds. The van der Waals surface area contributed by atoms with E-state index >= 15 is 0 Å². The summed E-state index contributed by atoms with van der Waals surface area (Å²) in [6.07, 6.45) is 0. The highest BCUT2D eigenvalue weighted by Crippen LogP contribution is 2.25. The normalized spacial score (nSPS) is 9.75. The first-order valence-electron chi connectivity index (χ1n) is 5.64. The summed E-state index contributed by atoms with van der Waals surface area (Å²) in [5.74, 6) is 5.45. The molecule has 2 aromatic rings. The number of halogens is 2. The maximum absolute atomic E-state index is 12.1. The molecule has 0 bridgehead atoms. The van der Waals surface area contributed by atoms with Gasteiger partial charge in [-0.2, -0.15) is 0 Å². The van der Waals surface area contributed by atoms with Crippen molar-refractivity contribution in [3.05, 3.63) is 49.6 Å². The fraction of sp³-hybridized carbons (Fsp3) is 0.0714. The molecular weight excluding hydrogens is 360 g/mol. The molecule has 0 aliphatic heterocycles. The van der Waals surface area contributed by atoms with Crippen LogP contribution in [0.1, 0.15) is 15.9 Å². The molecule has 0 saturated heterocycles. The third-order valence-corrected chi connectivity index (χ3v) is 4.21. The van der Waals surface area contributed by atoms with E-state index in [1.807, 2.05) is 0 Å². The summed E-state index contributed by atoms with van der Waals surface area (Å²) in [6, 6.07) is 6.96. The Morgan fingerprint density at radius 2 is 2.25 bits per heavy atom. The van der Waals surface area contributed by atoms with Gasteiger partial charge < -0.3 is 11.1 Å². The lowest BCUT2D eigenvalue weighted by Crippen LogP contribution is -2.11. The zero-order valence-electron chi connectivity index (χ0n) is 10.2. The lowest BCUT2D eigenvalue weighted by molar-refractivity contribution is 0.102. The van der Waals surface area contributed by atoms with Crippen LogP contribution in [-0.2, 0) is 0 Å². The topological polar surface area (TPSA) is 55.1 Å². The van der Waals surface area contributed by atoms with Gasteiger partial charge in [-0.3, -0.25) is 4.79 Å². The molecule has 0 fully saturated rings. The van der Waals surface area contributed by atoms with Crippen LogP contribution in [0.25, 0.3) is 0 Å². The number of nitrogens with one attached hydrogen (secondary N) is 1. The lowest BCUT2D eigenvalue weighted by Gasteiger charge is -2.06. The van der Waals surface area contributed by atoms with Crippen molar-refractivity contribution in [1.82, 2.24) is 0 Å². The molecule has 3 N–H and O–H groups in total. The summed E-state index contributed by atoms with van der Waals surface area (Å²) in [4.78, 5) is 12.1. The van der Waals surface area contributed by atoms with Crippen LogP contribution < -0.4 is 11.1 Å². The second-order valence-electron chi connectivity index (χ2n) is 3.79. The molecule has 102 valence electrons. The van der Waals surface area contributed by atoms with Crippen LogP contribution in [0.4, 0.5) is 5.69 Å². The Morgan fingerprint density at radius 3 is 2.90 bits per heavy atom. The molecule has 0 aliphatic carbocycles. The van der Waals surface area contributed by atoms with Gasteiger partial charge >= 0.3 is 0 Å². The van der Waals surface area contributed by atoms with Crippen molar-refractivity contribution < 1.29 is 4.79 Å². The summed E-state index contributed by atoms with van der Waals surface area (Å²) in [6.45, 7) is 0.285. The van der Waals surface area contributed by atoms with E-state index in [1.54, 1.807) is 29.6 Å². The highest BCUT2D eigenvalue weighted by Gasteiger charge is 2.10. The predicted octanol–water partition coefficient (Wildman–Crippen LogP) is 3.73. The summed E-state index contributed by atoms with van der Waals surface area (Å²) in [5.41, 5.74) is 7.19. The number of anilines is 1. The zero-order chi connectivity index (χ0) is 14.5. The van der Waals surface area contributed by atoms with Gasteiger partial charge in [0.05, 0.1) is 26.6 Å². The first-order chi connectivity index (χ1) is 9.60. The Labute approximate surface area is 134 Å². The van der Waals surface area contributed by atoms with Crippen molar-refractivity contribution in [2.24, 2.45) is 5.73 Å². The van der Waals surface area contributed by atoms with Gasteiger partial charge in [-0.1, -0.05) is 23.4 Å². The predicted molar refractivity (Wildman–Crippen MR) is 87.4 cm³/mol. The van der Waals surface area contributed by atoms with Crippen LogP contribution in [0.15, 0.2) is 33.4 Å². The number of rotatable bonds is 2. The number of carbonyl (C=O) groups is 1. The fourth-order valence-electron chi connectivity index (χ4n) is 1.48. The van der Waals surface area contributed by atoms with Crippen molar-refractivity contribution in [2.75, 3.05) is 11.9 Å². The number of hydrogen-bond donors (Lipinski definition) is 2. The Balaban J connectivity index is 2.22. The standard InChI is InChI=1S/C14H10BrClN2OS/c15-13-7-10(8-20-13)14(19)18-12-6-9(2-1-5-17)3-4-11(12)16/h3-4,6-8H,5,17H2,(H,18,19). The van der Waals surface area contributed by atoms with Crippen LogP contribution in [0.5, 0.6) is 0 Å². The first kappa shape index (κ1) is 15.1. The van der Waals surface area contributed by atoms with E-state index in [0.717, 1.165) is 9.35 Å². The molecule has 0 unspecified atom stereocenters. The van der Waals surface area contributed by atoms with Crippen molar-refractivity contribution in [3.8, 4) is 11.8 Å². The SMILES string of the molecule is NCC#Cc1ccc(Cl)c(NC(=O)c2csc(Br)c2)c1. The van der Waals surface area contributed by atoms with E-state index in [-0.39, 0.29) is 12.5 Å². The van der Waals surface area contributed by atoms with Crippen molar-refractivity contribution >= 4 is 50.5 Å². The van der Waals surface area contributed by atoms with E-state index in [1.165, 1.54) is 11.3 Å². The Hall–Kier alpha value is -1.32. The summed E-state index contributed by atoms with van der Waals surface area (Å²) in [5, 5.41) is 5.01. The second-order valence-corrected chi connectivity index (χ2v) is 6.49. The fourth-order valence-corrected chi connectivity index (χ4v) is 2.78. The van der Waals surface area contributed by atoms with E-state index in [4.69, 9.17) is 17.3 Å². The third-order valence-electron chi connectivity index (χ3n) is 2.38. The first-order valence-corrected chi connectivity index (χ1v) is 7.69. The molecule has 1 heterocycles. The quantitative estimate of drug-likeness (QED) is 0.793. The minimum atomic E-state index is -0.210. The van der Waals surface area contributed by atoms with Crippen LogP contribution >= 0.6 is 38.9 Å². The number of nitrogens with two attached hydrogens (primary N) is 1. The Bertz CT molecular complexity index is 703. The van der Waals surface area contributed by atoms with Gasteiger partial charge in [0.2, 0.25) is 0 Å². The molecule has 20 heavy (non-hydrogen) atoms. The summed E-state index contributed by atoms with van der Waals surface area (Å²) >= 11 is 10.8. The summed E-state index contributed by atoms with van der Waals surface area (Å²) in [7, 11) is 0. The highest BCUT2D eigenvalue weighted by atomic mass is 79.9. The van der Waals surface area contributed by atoms with E-state index in [0.29, 0.717) is 16.3 Å². The number of thiophene rings is 1.